The Balaban J connectivity index is 1.97. The van der Waals surface area contributed by atoms with E-state index < -0.39 is 23.1 Å². The van der Waals surface area contributed by atoms with Gasteiger partial charge in [-0.05, 0) is 0 Å². The van der Waals surface area contributed by atoms with E-state index in [1.54, 1.807) is 0 Å². The van der Waals surface area contributed by atoms with Gasteiger partial charge >= 0.3 is 160 Å². The first kappa shape index (κ1) is 17.7. The van der Waals surface area contributed by atoms with Crippen molar-refractivity contribution in [3.05, 3.63) is 81.9 Å². The quantitative estimate of drug-likeness (QED) is 0.459. The molecule has 2 unspecified atom stereocenters. The van der Waals surface area contributed by atoms with E-state index in [2.05, 4.69) is 87.6 Å². The van der Waals surface area contributed by atoms with Crippen LogP contribution in [0.25, 0.3) is 12.2 Å². The molecular weight excluding hydrogens is 419 g/mol. The number of rotatable bonds is 2. The summed E-state index contributed by atoms with van der Waals surface area (Å²) >= 11 is -3.25. The molecule has 0 saturated carbocycles. The van der Waals surface area contributed by atoms with Crippen molar-refractivity contribution >= 4 is 26.1 Å². The van der Waals surface area contributed by atoms with E-state index in [1.165, 1.54) is 33.4 Å². The van der Waals surface area contributed by atoms with Crippen LogP contribution in [0.3, 0.4) is 0 Å². The van der Waals surface area contributed by atoms with Crippen molar-refractivity contribution < 1.29 is 17.7 Å². The third kappa shape index (κ3) is 2.64. The first-order valence-electron chi connectivity index (χ1n) is 9.14. The minimum atomic E-state index is -3.25. The predicted octanol–water partition coefficient (Wildman–Crippen LogP) is 6.59. The van der Waals surface area contributed by atoms with Crippen LogP contribution >= 0.6 is 8.51 Å². The Bertz CT molecular complexity index is 908. The summed E-state index contributed by atoms with van der Waals surface area (Å²) < 4.78 is 1.01. The fourth-order valence-corrected chi connectivity index (χ4v) is 34.8. The van der Waals surface area contributed by atoms with Gasteiger partial charge in [-0.3, -0.25) is 0 Å². The van der Waals surface area contributed by atoms with Crippen LogP contribution < -0.4 is 0 Å². The molecule has 0 fully saturated rings. The van der Waals surface area contributed by atoms with Gasteiger partial charge in [0.15, 0.2) is 0 Å². The van der Waals surface area contributed by atoms with Crippen LogP contribution in [-0.4, -0.2) is 5.43 Å². The number of hydrogen-bond donors (Lipinski definition) is 0. The zero-order chi connectivity index (χ0) is 17.8. The molecule has 2 atom stereocenters. The van der Waals surface area contributed by atoms with E-state index in [1.807, 2.05) is 0 Å². The normalized spacial score (nSPS) is 21.5. The van der Waals surface area contributed by atoms with Crippen LogP contribution in [0.15, 0.2) is 59.7 Å². The van der Waals surface area contributed by atoms with Gasteiger partial charge < -0.3 is 0 Å². The number of halogens is 1. The van der Waals surface area contributed by atoms with Gasteiger partial charge in [0.05, 0.1) is 0 Å². The molecule has 0 saturated heterocycles. The Kier molecular flexibility index (Phi) is 4.59. The van der Waals surface area contributed by atoms with E-state index in [4.69, 9.17) is 8.51 Å². The molecule has 0 nitrogen and oxygen atoms in total. The van der Waals surface area contributed by atoms with Gasteiger partial charge in [0.25, 0.3) is 0 Å². The molecular formula is C22H25ClSiZr. The second kappa shape index (κ2) is 6.48. The molecule has 0 amide bonds. The average Bonchev–Trinajstić information content (AvgIpc) is 3.09. The summed E-state index contributed by atoms with van der Waals surface area (Å²) in [4.78, 5) is 0. The van der Waals surface area contributed by atoms with E-state index in [0.29, 0.717) is 7.25 Å². The van der Waals surface area contributed by atoms with Crippen molar-refractivity contribution in [3.8, 4) is 0 Å². The van der Waals surface area contributed by atoms with Crippen molar-refractivity contribution in [2.75, 3.05) is 0 Å². The summed E-state index contributed by atoms with van der Waals surface area (Å²) in [6.07, 6.45) is 4.78. The predicted molar refractivity (Wildman–Crippen MR) is 110 cm³/mol. The third-order valence-corrected chi connectivity index (χ3v) is 44.9. The molecule has 0 aromatic heterocycles. The van der Waals surface area contributed by atoms with Crippen LogP contribution in [0.5, 0.6) is 0 Å². The molecule has 2 aromatic rings. The molecule has 0 spiro atoms. The summed E-state index contributed by atoms with van der Waals surface area (Å²) in [5.74, 6) is 0. The number of fused-ring (bicyclic) bond motifs is 2. The Hall–Kier alpha value is -0.690. The molecule has 25 heavy (non-hydrogen) atoms. The van der Waals surface area contributed by atoms with Gasteiger partial charge in [-0.2, -0.15) is 0 Å². The standard InChI is InChI=1S/2C10H9.C2H6Si.ClH.Zr.H/c2*1-8-6-9-4-2-3-5-10(9)7-8;1-3-2;;;/h2*2-7H,1H3;1-2H3;1H;;/q;;;;+1;/p-1. The van der Waals surface area contributed by atoms with Gasteiger partial charge in [-0.1, -0.05) is 0 Å². The van der Waals surface area contributed by atoms with Crippen molar-refractivity contribution in [1.82, 2.24) is 0 Å². The van der Waals surface area contributed by atoms with Gasteiger partial charge in [0.2, 0.25) is 0 Å². The molecule has 2 aliphatic rings. The third-order valence-electron chi connectivity index (χ3n) is 6.26. The van der Waals surface area contributed by atoms with Crippen molar-refractivity contribution in [3.63, 3.8) is 0 Å². The zero-order valence-electron chi connectivity index (χ0n) is 15.4. The van der Waals surface area contributed by atoms with Gasteiger partial charge in [-0.15, -0.1) is 0 Å². The minimum absolute atomic E-state index is 0.506. The SMILES string of the molecule is CC1=Cc2ccccc2[CH]1[ZrH]([Cl])([CH]1C(C)=Cc2ccccc21)=[Si](C)C. The van der Waals surface area contributed by atoms with Crippen LogP contribution in [0.1, 0.15) is 43.4 Å². The fourth-order valence-electron chi connectivity index (χ4n) is 5.16. The van der Waals surface area contributed by atoms with E-state index >= 15 is 0 Å². The Morgan fingerprint density at radius 2 is 1.16 bits per heavy atom. The molecule has 0 N–H and O–H groups in total. The molecule has 0 bridgehead atoms. The number of benzene rings is 2. The van der Waals surface area contributed by atoms with Gasteiger partial charge in [0.1, 0.15) is 0 Å². The molecule has 4 rings (SSSR count). The number of allylic oxidation sites excluding steroid dienone is 2. The average molecular weight is 444 g/mol. The Morgan fingerprint density at radius 3 is 1.56 bits per heavy atom. The van der Waals surface area contributed by atoms with Crippen LogP contribution in [-0.2, 0) is 17.7 Å². The summed E-state index contributed by atoms with van der Waals surface area (Å²) in [6.45, 7) is 9.57. The van der Waals surface area contributed by atoms with E-state index in [-0.39, 0.29) is 0 Å². The molecule has 3 heteroatoms. The molecule has 0 aliphatic heterocycles. The summed E-state index contributed by atoms with van der Waals surface area (Å²) in [6, 6.07) is 17.8. The van der Waals surface area contributed by atoms with Crippen LogP contribution in [0.4, 0.5) is 0 Å². The second-order valence-corrected chi connectivity index (χ2v) is 38.4. The molecule has 0 heterocycles. The van der Waals surface area contributed by atoms with Crippen molar-refractivity contribution in [1.29, 1.82) is 0 Å². The molecule has 0 radical (unpaired) electrons. The van der Waals surface area contributed by atoms with E-state index in [9.17, 15) is 0 Å². The van der Waals surface area contributed by atoms with Gasteiger partial charge in [-0.25, -0.2) is 0 Å². The Labute approximate surface area is 159 Å². The molecule has 2 aromatic carbocycles. The molecule has 2 aliphatic carbocycles. The first-order chi connectivity index (χ1) is 11.9. The second-order valence-electron chi connectivity index (χ2n) is 7.95. The molecule has 128 valence electrons. The van der Waals surface area contributed by atoms with Gasteiger partial charge in [0, 0.05) is 0 Å². The van der Waals surface area contributed by atoms with Crippen LogP contribution in [0.2, 0.25) is 13.1 Å². The maximum absolute atomic E-state index is 7.92. The van der Waals surface area contributed by atoms with Crippen LogP contribution in [0, 0.1) is 0 Å². The summed E-state index contributed by atoms with van der Waals surface area (Å²) in [5, 5.41) is 0. The van der Waals surface area contributed by atoms with Crippen molar-refractivity contribution in [2.45, 2.75) is 34.2 Å². The number of hydrogen-bond acceptors (Lipinski definition) is 0. The monoisotopic (exact) mass is 442 g/mol. The van der Waals surface area contributed by atoms with Crippen molar-refractivity contribution in [2.24, 2.45) is 0 Å². The Morgan fingerprint density at radius 1 is 0.760 bits per heavy atom. The fraction of sp³-hybridized carbons (Fsp3) is 0.273. The van der Waals surface area contributed by atoms with E-state index in [0.717, 1.165) is 0 Å². The first-order valence-corrected chi connectivity index (χ1v) is 22.9. The maximum atomic E-state index is 7.92. The summed E-state index contributed by atoms with van der Waals surface area (Å²) in [7, 11) is 7.92. The topological polar surface area (TPSA) is 0 Å². The summed E-state index contributed by atoms with van der Waals surface area (Å²) in [5.41, 5.74) is 8.20. The zero-order valence-corrected chi connectivity index (χ0v) is 20.0.